The Bertz CT molecular complexity index is 828. The van der Waals surface area contributed by atoms with Crippen LogP contribution in [-0.2, 0) is 6.61 Å². The molecule has 0 aliphatic heterocycles. The lowest BCUT2D eigenvalue weighted by molar-refractivity contribution is 0.309. The van der Waals surface area contributed by atoms with Crippen LogP contribution in [0, 0.1) is 6.92 Å². The first-order valence-corrected chi connectivity index (χ1v) is 11.7. The summed E-state index contributed by atoms with van der Waals surface area (Å²) in [6.07, 6.45) is 0. The molecule has 0 saturated heterocycles. The number of hydrogen-bond donors (Lipinski definition) is 0. The van der Waals surface area contributed by atoms with E-state index in [0.717, 1.165) is 5.75 Å². The molecule has 3 heteroatoms. The number of ether oxygens (including phenoxy) is 1. The van der Waals surface area contributed by atoms with Crippen molar-refractivity contribution in [1.29, 1.82) is 0 Å². The molecule has 3 aromatic rings. The summed E-state index contributed by atoms with van der Waals surface area (Å²) >= 11 is 0. The van der Waals surface area contributed by atoms with Crippen LogP contribution in [0.3, 0.4) is 0 Å². The van der Waals surface area contributed by atoms with Crippen LogP contribution < -0.4 is 20.7 Å². The van der Waals surface area contributed by atoms with Crippen molar-refractivity contribution in [3.05, 3.63) is 83.9 Å². The van der Waals surface area contributed by atoms with Gasteiger partial charge in [0.15, 0.2) is 0 Å². The van der Waals surface area contributed by atoms with Gasteiger partial charge in [-0.3, -0.25) is 0 Å². The average Bonchev–Trinajstić information content (AvgIpc) is 2.63. The van der Waals surface area contributed by atoms with E-state index in [1.165, 1.54) is 27.0 Å². The van der Waals surface area contributed by atoms with E-state index in [4.69, 9.17) is 4.74 Å². The lowest BCUT2D eigenvalue weighted by atomic mass is 10.2. The zero-order valence-corrected chi connectivity index (χ0v) is 16.9. The SMILES string of the molecule is Cc1cccc(P(C)C)c1Pc1ccccc1OCc1ccccc1. The summed E-state index contributed by atoms with van der Waals surface area (Å²) in [7, 11) is 0.508. The third-order valence-electron chi connectivity index (χ3n) is 4.12. The second-order valence-electron chi connectivity index (χ2n) is 6.26. The molecule has 0 aliphatic carbocycles. The number of benzene rings is 3. The predicted octanol–water partition coefficient (Wildman–Crippen LogP) is 4.57. The summed E-state index contributed by atoms with van der Waals surface area (Å²) in [5.74, 6) is 0.996. The summed E-state index contributed by atoms with van der Waals surface area (Å²) in [5.41, 5.74) is 2.58. The minimum Gasteiger partial charge on any atom is -0.488 e. The minimum atomic E-state index is -0.116. The Morgan fingerprint density at radius 2 is 1.56 bits per heavy atom. The molecule has 0 aliphatic rings. The lowest BCUT2D eigenvalue weighted by Gasteiger charge is -2.18. The smallest absolute Gasteiger partial charge is 0.127 e. The molecule has 128 valence electrons. The van der Waals surface area contributed by atoms with Gasteiger partial charge in [0.1, 0.15) is 12.4 Å². The third-order valence-corrected chi connectivity index (χ3v) is 7.26. The van der Waals surface area contributed by atoms with E-state index in [9.17, 15) is 0 Å². The molecule has 0 fully saturated rings. The Labute approximate surface area is 154 Å². The second kappa shape index (κ2) is 8.61. The van der Waals surface area contributed by atoms with Crippen molar-refractivity contribution in [1.82, 2.24) is 0 Å². The summed E-state index contributed by atoms with van der Waals surface area (Å²) in [6.45, 7) is 7.49. The molecule has 1 unspecified atom stereocenters. The predicted molar refractivity (Wildman–Crippen MR) is 114 cm³/mol. The van der Waals surface area contributed by atoms with Gasteiger partial charge in [0.2, 0.25) is 0 Å². The van der Waals surface area contributed by atoms with Gasteiger partial charge in [-0.05, 0) is 48.1 Å². The number of aryl methyl sites for hydroxylation is 1. The molecule has 0 radical (unpaired) electrons. The van der Waals surface area contributed by atoms with E-state index in [1.54, 1.807) is 0 Å². The summed E-state index contributed by atoms with van der Waals surface area (Å²) in [6, 6.07) is 25.5. The number of para-hydroxylation sites is 1. The Morgan fingerprint density at radius 3 is 2.32 bits per heavy atom. The molecule has 0 aromatic heterocycles. The summed E-state index contributed by atoms with van der Waals surface area (Å²) in [4.78, 5) is 0. The molecule has 0 N–H and O–H groups in total. The summed E-state index contributed by atoms with van der Waals surface area (Å²) < 4.78 is 6.15. The molecule has 1 nitrogen and oxygen atoms in total. The maximum absolute atomic E-state index is 6.15. The largest absolute Gasteiger partial charge is 0.488 e. The van der Waals surface area contributed by atoms with Gasteiger partial charge in [-0.1, -0.05) is 83.2 Å². The van der Waals surface area contributed by atoms with E-state index < -0.39 is 0 Å². The first-order chi connectivity index (χ1) is 12.1. The molecule has 3 aromatic carbocycles. The lowest BCUT2D eigenvalue weighted by Crippen LogP contribution is -2.23. The first-order valence-electron chi connectivity index (χ1n) is 8.45. The van der Waals surface area contributed by atoms with Crippen LogP contribution in [-0.4, -0.2) is 13.3 Å². The van der Waals surface area contributed by atoms with Gasteiger partial charge in [0.05, 0.1) is 0 Å². The standard InChI is InChI=1S/C22H24OP2/c1-17-10-9-15-21(25(2)3)22(17)24-20-14-8-7-13-19(20)23-16-18-11-5-4-6-12-18/h4-15,24H,16H2,1-3H3. The van der Waals surface area contributed by atoms with Crippen LogP contribution in [0.4, 0.5) is 0 Å². The van der Waals surface area contributed by atoms with Gasteiger partial charge in [0.25, 0.3) is 0 Å². The molecular formula is C22H24OP2. The van der Waals surface area contributed by atoms with Crippen LogP contribution in [0.2, 0.25) is 0 Å². The molecule has 0 bridgehead atoms. The van der Waals surface area contributed by atoms with E-state index in [2.05, 4.69) is 87.0 Å². The topological polar surface area (TPSA) is 9.23 Å². The van der Waals surface area contributed by atoms with Gasteiger partial charge in [-0.15, -0.1) is 0 Å². The molecule has 0 amide bonds. The monoisotopic (exact) mass is 366 g/mol. The fourth-order valence-corrected chi connectivity index (χ4v) is 5.82. The van der Waals surface area contributed by atoms with Crippen molar-refractivity contribution < 1.29 is 4.74 Å². The Kier molecular flexibility index (Phi) is 6.24. The molecular weight excluding hydrogens is 342 g/mol. The van der Waals surface area contributed by atoms with Crippen molar-refractivity contribution in [2.75, 3.05) is 13.3 Å². The highest BCUT2D eigenvalue weighted by molar-refractivity contribution is 7.67. The van der Waals surface area contributed by atoms with E-state index in [1.807, 2.05) is 6.07 Å². The first kappa shape index (κ1) is 18.1. The van der Waals surface area contributed by atoms with E-state index in [0.29, 0.717) is 15.2 Å². The van der Waals surface area contributed by atoms with Crippen molar-refractivity contribution in [3.63, 3.8) is 0 Å². The van der Waals surface area contributed by atoms with Crippen LogP contribution >= 0.6 is 16.5 Å². The highest BCUT2D eigenvalue weighted by Gasteiger charge is 2.12. The van der Waals surface area contributed by atoms with Gasteiger partial charge < -0.3 is 4.74 Å². The van der Waals surface area contributed by atoms with Crippen LogP contribution in [0.25, 0.3) is 0 Å². The van der Waals surface area contributed by atoms with Crippen molar-refractivity contribution in [3.8, 4) is 5.75 Å². The molecule has 0 spiro atoms. The Morgan fingerprint density at radius 1 is 0.840 bits per heavy atom. The zero-order chi connectivity index (χ0) is 17.6. The van der Waals surface area contributed by atoms with Gasteiger partial charge in [-0.25, -0.2) is 0 Å². The van der Waals surface area contributed by atoms with Crippen LogP contribution in [0.5, 0.6) is 5.75 Å². The highest BCUT2D eigenvalue weighted by atomic mass is 31.1. The molecule has 25 heavy (non-hydrogen) atoms. The summed E-state index contributed by atoms with van der Waals surface area (Å²) in [5, 5.41) is 4.27. The second-order valence-corrected chi connectivity index (χ2v) is 9.82. The minimum absolute atomic E-state index is 0.116. The molecule has 0 saturated carbocycles. The fourth-order valence-electron chi connectivity index (χ4n) is 2.75. The van der Waals surface area contributed by atoms with E-state index in [-0.39, 0.29) is 7.92 Å². The van der Waals surface area contributed by atoms with Gasteiger partial charge >= 0.3 is 0 Å². The fraction of sp³-hybridized carbons (Fsp3) is 0.182. The van der Waals surface area contributed by atoms with E-state index >= 15 is 0 Å². The third kappa shape index (κ3) is 4.69. The Balaban J connectivity index is 1.85. The molecule has 1 atom stereocenters. The Hall–Kier alpha value is -1.68. The number of hydrogen-bond acceptors (Lipinski definition) is 1. The quantitative estimate of drug-likeness (QED) is 0.581. The molecule has 0 heterocycles. The van der Waals surface area contributed by atoms with Crippen molar-refractivity contribution in [2.45, 2.75) is 13.5 Å². The zero-order valence-electron chi connectivity index (χ0n) is 15.0. The average molecular weight is 366 g/mol. The van der Waals surface area contributed by atoms with Crippen molar-refractivity contribution >= 4 is 32.4 Å². The number of rotatable bonds is 6. The van der Waals surface area contributed by atoms with Crippen LogP contribution in [0.15, 0.2) is 72.8 Å². The van der Waals surface area contributed by atoms with Gasteiger partial charge in [0, 0.05) is 5.30 Å². The highest BCUT2D eigenvalue weighted by Crippen LogP contribution is 2.28. The van der Waals surface area contributed by atoms with Crippen molar-refractivity contribution in [2.24, 2.45) is 0 Å². The normalized spacial score (nSPS) is 11.4. The molecule has 3 rings (SSSR count). The maximum Gasteiger partial charge on any atom is 0.127 e. The van der Waals surface area contributed by atoms with Gasteiger partial charge in [-0.2, -0.15) is 0 Å². The van der Waals surface area contributed by atoms with Crippen LogP contribution in [0.1, 0.15) is 11.1 Å². The maximum atomic E-state index is 6.15.